The highest BCUT2D eigenvalue weighted by molar-refractivity contribution is 7.89. The fourth-order valence-corrected chi connectivity index (χ4v) is 3.96. The molecule has 1 aromatic rings. The number of nitrogens with zero attached hydrogens (tertiary/aromatic N) is 1. The highest BCUT2D eigenvalue weighted by Gasteiger charge is 2.29. The fraction of sp³-hybridized carbons (Fsp3) is 0.500. The largest absolute Gasteiger partial charge is 0.380 e. The third-order valence-electron chi connectivity index (χ3n) is 3.10. The number of ether oxygens (including phenoxy) is 1. The average Bonchev–Trinajstić information content (AvgIpc) is 2.70. The first kappa shape index (κ1) is 15.7. The zero-order valence-electron chi connectivity index (χ0n) is 10.8. The van der Waals surface area contributed by atoms with Crippen LogP contribution in [0.1, 0.15) is 12.0 Å². The molecule has 1 saturated heterocycles. The van der Waals surface area contributed by atoms with Gasteiger partial charge >= 0.3 is 0 Å². The molecule has 0 saturated carbocycles. The van der Waals surface area contributed by atoms with Crippen LogP contribution in [0, 0.1) is 5.82 Å². The summed E-state index contributed by atoms with van der Waals surface area (Å²) in [5, 5.41) is 0.150. The molecule has 2 N–H and O–H groups in total. The Balaban J connectivity index is 2.45. The minimum atomic E-state index is -3.93. The molecule has 1 fully saturated rings. The number of hydrogen-bond donors (Lipinski definition) is 1. The highest BCUT2D eigenvalue weighted by atomic mass is 35.5. The van der Waals surface area contributed by atoms with Crippen LogP contribution in [-0.4, -0.2) is 39.0 Å². The predicted molar refractivity (Wildman–Crippen MR) is 73.5 cm³/mol. The van der Waals surface area contributed by atoms with Crippen molar-refractivity contribution in [3.8, 4) is 0 Å². The van der Waals surface area contributed by atoms with E-state index in [-0.39, 0.29) is 23.7 Å². The van der Waals surface area contributed by atoms with E-state index in [4.69, 9.17) is 22.1 Å². The maximum Gasteiger partial charge on any atom is 0.246 e. The van der Waals surface area contributed by atoms with Gasteiger partial charge in [-0.2, -0.15) is 4.31 Å². The van der Waals surface area contributed by atoms with Gasteiger partial charge in [-0.25, -0.2) is 12.8 Å². The monoisotopic (exact) mass is 322 g/mol. The Labute approximate surface area is 122 Å². The second-order valence-corrected chi connectivity index (χ2v) is 6.79. The van der Waals surface area contributed by atoms with E-state index in [0.717, 1.165) is 6.07 Å². The van der Waals surface area contributed by atoms with E-state index in [1.807, 2.05) is 0 Å². The van der Waals surface area contributed by atoms with Crippen molar-refractivity contribution in [3.63, 3.8) is 0 Å². The topological polar surface area (TPSA) is 72.6 Å². The minimum absolute atomic E-state index is 0.0853. The molecule has 112 valence electrons. The number of benzene rings is 1. The molecule has 0 atom stereocenters. The van der Waals surface area contributed by atoms with Crippen LogP contribution >= 0.6 is 11.6 Å². The zero-order valence-corrected chi connectivity index (χ0v) is 12.4. The van der Waals surface area contributed by atoms with Gasteiger partial charge < -0.3 is 10.5 Å². The molecule has 0 aromatic heterocycles. The summed E-state index contributed by atoms with van der Waals surface area (Å²) in [5.41, 5.74) is 5.49. The van der Waals surface area contributed by atoms with E-state index < -0.39 is 20.7 Å². The first-order chi connectivity index (χ1) is 9.46. The van der Waals surface area contributed by atoms with Crippen LogP contribution in [-0.2, 0) is 21.3 Å². The van der Waals surface area contributed by atoms with E-state index in [0.29, 0.717) is 26.2 Å². The van der Waals surface area contributed by atoms with Crippen molar-refractivity contribution in [2.75, 3.05) is 26.3 Å². The standard InChI is InChI=1S/C12H16ClFN2O3S/c13-10-6-9(8-15)12(14)11(7-10)20(17,18)16-2-1-4-19-5-3-16/h6-7H,1-5,8,15H2. The molecular weight excluding hydrogens is 307 g/mol. The molecule has 8 heteroatoms. The second-order valence-electron chi connectivity index (χ2n) is 4.45. The Hall–Kier alpha value is -0.730. The van der Waals surface area contributed by atoms with Gasteiger partial charge in [0.2, 0.25) is 10.0 Å². The lowest BCUT2D eigenvalue weighted by Gasteiger charge is -2.20. The Bertz CT molecular complexity index is 587. The van der Waals surface area contributed by atoms with Crippen molar-refractivity contribution in [1.29, 1.82) is 0 Å². The van der Waals surface area contributed by atoms with Crippen molar-refractivity contribution in [1.82, 2.24) is 4.31 Å². The Morgan fingerprint density at radius 2 is 2.10 bits per heavy atom. The number of hydrogen-bond acceptors (Lipinski definition) is 4. The Kier molecular flexibility index (Phi) is 4.98. The first-order valence-corrected chi connectivity index (χ1v) is 8.04. The lowest BCUT2D eigenvalue weighted by atomic mass is 10.2. The van der Waals surface area contributed by atoms with Crippen molar-refractivity contribution in [2.45, 2.75) is 17.9 Å². The van der Waals surface area contributed by atoms with Gasteiger partial charge in [0.25, 0.3) is 0 Å². The predicted octanol–water partition coefficient (Wildman–Crippen LogP) is 1.35. The first-order valence-electron chi connectivity index (χ1n) is 6.22. The number of rotatable bonds is 3. The third kappa shape index (κ3) is 3.12. The normalized spacial score (nSPS) is 17.9. The maximum absolute atomic E-state index is 14.2. The van der Waals surface area contributed by atoms with Crippen molar-refractivity contribution >= 4 is 21.6 Å². The molecule has 0 amide bonds. The lowest BCUT2D eigenvalue weighted by molar-refractivity contribution is 0.148. The van der Waals surface area contributed by atoms with E-state index in [9.17, 15) is 12.8 Å². The molecule has 0 bridgehead atoms. The van der Waals surface area contributed by atoms with Crippen LogP contribution in [0.2, 0.25) is 5.02 Å². The summed E-state index contributed by atoms with van der Waals surface area (Å²) >= 11 is 5.85. The SMILES string of the molecule is NCc1cc(Cl)cc(S(=O)(=O)N2CCCOCC2)c1F. The molecule has 0 radical (unpaired) electrons. The summed E-state index contributed by atoms with van der Waals surface area (Å²) in [7, 11) is -3.93. The van der Waals surface area contributed by atoms with E-state index in [2.05, 4.69) is 0 Å². The quantitative estimate of drug-likeness (QED) is 0.911. The number of halogens is 2. The molecular formula is C12H16ClFN2O3S. The molecule has 2 rings (SSSR count). The van der Waals surface area contributed by atoms with Gasteiger partial charge in [0.1, 0.15) is 10.7 Å². The lowest BCUT2D eigenvalue weighted by Crippen LogP contribution is -2.34. The second kappa shape index (κ2) is 6.36. The van der Waals surface area contributed by atoms with Gasteiger partial charge in [0.05, 0.1) is 6.61 Å². The van der Waals surface area contributed by atoms with Crippen LogP contribution in [0.5, 0.6) is 0 Å². The minimum Gasteiger partial charge on any atom is -0.380 e. The molecule has 1 aromatic carbocycles. The van der Waals surface area contributed by atoms with Crippen LogP contribution in [0.3, 0.4) is 0 Å². The van der Waals surface area contributed by atoms with Crippen LogP contribution in [0.15, 0.2) is 17.0 Å². The van der Waals surface area contributed by atoms with Gasteiger partial charge in [-0.1, -0.05) is 11.6 Å². The zero-order chi connectivity index (χ0) is 14.8. The molecule has 5 nitrogen and oxygen atoms in total. The molecule has 0 aliphatic carbocycles. The van der Waals surface area contributed by atoms with Crippen LogP contribution < -0.4 is 5.73 Å². The highest BCUT2D eigenvalue weighted by Crippen LogP contribution is 2.26. The molecule has 1 aliphatic rings. The van der Waals surface area contributed by atoms with Crippen molar-refractivity contribution in [2.24, 2.45) is 5.73 Å². The van der Waals surface area contributed by atoms with Gasteiger partial charge in [0, 0.05) is 36.8 Å². The summed E-state index contributed by atoms with van der Waals surface area (Å²) in [6.07, 6.45) is 0.575. The van der Waals surface area contributed by atoms with E-state index >= 15 is 0 Å². The maximum atomic E-state index is 14.2. The molecule has 0 unspecified atom stereocenters. The summed E-state index contributed by atoms with van der Waals surface area (Å²) in [4.78, 5) is -0.424. The van der Waals surface area contributed by atoms with Crippen molar-refractivity contribution in [3.05, 3.63) is 28.5 Å². The van der Waals surface area contributed by atoms with Crippen molar-refractivity contribution < 1.29 is 17.5 Å². The molecule has 0 spiro atoms. The van der Waals surface area contributed by atoms with Gasteiger partial charge in [-0.3, -0.25) is 0 Å². The number of nitrogens with two attached hydrogens (primary N) is 1. The van der Waals surface area contributed by atoms with Crippen LogP contribution in [0.4, 0.5) is 4.39 Å². The Morgan fingerprint density at radius 3 is 2.80 bits per heavy atom. The van der Waals surface area contributed by atoms with E-state index in [1.54, 1.807) is 0 Å². The smallest absolute Gasteiger partial charge is 0.246 e. The van der Waals surface area contributed by atoms with Gasteiger partial charge in [-0.05, 0) is 18.6 Å². The molecule has 20 heavy (non-hydrogen) atoms. The summed E-state index contributed by atoms with van der Waals surface area (Å²) in [6, 6.07) is 2.46. The van der Waals surface area contributed by atoms with Crippen LogP contribution in [0.25, 0.3) is 0 Å². The summed E-state index contributed by atoms with van der Waals surface area (Å²) in [5.74, 6) is -0.831. The Morgan fingerprint density at radius 1 is 1.35 bits per heavy atom. The molecule has 1 heterocycles. The summed E-state index contributed by atoms with van der Waals surface area (Å²) in [6.45, 7) is 1.18. The number of sulfonamides is 1. The van der Waals surface area contributed by atoms with E-state index in [1.165, 1.54) is 10.4 Å². The third-order valence-corrected chi connectivity index (χ3v) is 5.21. The molecule has 1 aliphatic heterocycles. The summed E-state index contributed by atoms with van der Waals surface area (Å²) < 4.78 is 45.7. The van der Waals surface area contributed by atoms with Gasteiger partial charge in [-0.15, -0.1) is 0 Å². The average molecular weight is 323 g/mol. The fourth-order valence-electron chi connectivity index (χ4n) is 2.06. The van der Waals surface area contributed by atoms with Gasteiger partial charge in [0.15, 0.2) is 0 Å².